The van der Waals surface area contributed by atoms with Crippen LogP contribution in [0.4, 0.5) is 0 Å². The summed E-state index contributed by atoms with van der Waals surface area (Å²) in [6.07, 6.45) is 8.06. The van der Waals surface area contributed by atoms with Gasteiger partial charge in [0.2, 0.25) is 5.91 Å². The van der Waals surface area contributed by atoms with E-state index in [4.69, 9.17) is 0 Å². The maximum atomic E-state index is 13.0. The van der Waals surface area contributed by atoms with Crippen LogP contribution in [0.2, 0.25) is 0 Å². The second kappa shape index (κ2) is 7.38. The minimum atomic E-state index is -0.0816. The van der Waals surface area contributed by atoms with E-state index in [1.54, 1.807) is 17.7 Å². The van der Waals surface area contributed by atoms with Crippen LogP contribution in [0.1, 0.15) is 56.9 Å². The van der Waals surface area contributed by atoms with Crippen LogP contribution in [0.15, 0.2) is 11.1 Å². The molecule has 0 saturated heterocycles. The molecule has 0 unspecified atom stereocenters. The van der Waals surface area contributed by atoms with Crippen molar-refractivity contribution < 1.29 is 4.79 Å². The summed E-state index contributed by atoms with van der Waals surface area (Å²) in [5, 5.41) is 3.91. The molecule has 0 aromatic carbocycles. The lowest BCUT2D eigenvalue weighted by atomic mass is 9.78. The van der Waals surface area contributed by atoms with E-state index >= 15 is 0 Å². The number of hydrogen-bond acceptors (Lipinski definition) is 4. The summed E-state index contributed by atoms with van der Waals surface area (Å²) in [7, 11) is 0. The number of fused-ring (bicyclic) bond motifs is 3. The molecular formula is C21H29N3O2S. The lowest BCUT2D eigenvalue weighted by Gasteiger charge is -2.34. The molecule has 0 radical (unpaired) electrons. The minimum Gasteiger partial charge on any atom is -0.352 e. The Kier molecular flexibility index (Phi) is 5.10. The Bertz CT molecular complexity index is 916. The number of thiophene rings is 1. The van der Waals surface area contributed by atoms with Gasteiger partial charge in [0.15, 0.2) is 0 Å². The number of aryl methyl sites for hydroxylation is 1. The molecule has 2 aliphatic carbocycles. The van der Waals surface area contributed by atoms with Crippen LogP contribution in [0, 0.1) is 17.8 Å². The number of amides is 1. The van der Waals surface area contributed by atoms with Gasteiger partial charge in [-0.05, 0) is 49.0 Å². The monoisotopic (exact) mass is 387 g/mol. The predicted octanol–water partition coefficient (Wildman–Crippen LogP) is 3.52. The zero-order chi connectivity index (χ0) is 19.1. The van der Waals surface area contributed by atoms with E-state index in [-0.39, 0.29) is 24.1 Å². The molecule has 0 spiro atoms. The fourth-order valence-electron chi connectivity index (χ4n) is 4.67. The molecule has 1 saturated carbocycles. The van der Waals surface area contributed by atoms with Crippen LogP contribution in [-0.4, -0.2) is 21.5 Å². The third-order valence-electron chi connectivity index (χ3n) is 6.65. The topological polar surface area (TPSA) is 64.0 Å². The number of carbonyl (C=O) groups is 1. The second-order valence-electron chi connectivity index (χ2n) is 8.65. The second-order valence-corrected chi connectivity index (χ2v) is 9.73. The van der Waals surface area contributed by atoms with Gasteiger partial charge >= 0.3 is 0 Å². The molecule has 2 heterocycles. The smallest absolute Gasteiger partial charge is 0.262 e. The van der Waals surface area contributed by atoms with E-state index < -0.39 is 0 Å². The molecule has 1 N–H and O–H groups in total. The maximum Gasteiger partial charge on any atom is 0.262 e. The average Bonchev–Trinajstić information content (AvgIpc) is 2.99. The SMILES string of the molecule is C[C@H]1CCc2c(sc3ncn(CC(=O)N[C@H]4CCC[C@H](C)[C@@H]4C)c(=O)c23)C1. The Balaban J connectivity index is 1.55. The quantitative estimate of drug-likeness (QED) is 0.876. The molecular weight excluding hydrogens is 358 g/mol. The van der Waals surface area contributed by atoms with Crippen LogP contribution in [-0.2, 0) is 24.2 Å². The zero-order valence-corrected chi connectivity index (χ0v) is 17.3. The third kappa shape index (κ3) is 3.56. The highest BCUT2D eigenvalue weighted by atomic mass is 32.1. The summed E-state index contributed by atoms with van der Waals surface area (Å²) < 4.78 is 1.49. The Morgan fingerprint density at radius 2 is 2.11 bits per heavy atom. The van der Waals surface area contributed by atoms with E-state index in [2.05, 4.69) is 31.1 Å². The van der Waals surface area contributed by atoms with Gasteiger partial charge in [-0.15, -0.1) is 11.3 Å². The summed E-state index contributed by atoms with van der Waals surface area (Å²) in [5.74, 6) is 1.69. The van der Waals surface area contributed by atoms with Crippen molar-refractivity contribution in [2.75, 3.05) is 0 Å². The van der Waals surface area contributed by atoms with Gasteiger partial charge in [-0.1, -0.05) is 33.6 Å². The van der Waals surface area contributed by atoms with Crippen molar-refractivity contribution in [2.45, 2.75) is 71.9 Å². The minimum absolute atomic E-state index is 0.0559. The number of nitrogens with one attached hydrogen (secondary N) is 1. The van der Waals surface area contributed by atoms with Gasteiger partial charge in [0.1, 0.15) is 11.4 Å². The van der Waals surface area contributed by atoms with Crippen molar-refractivity contribution in [1.82, 2.24) is 14.9 Å². The Morgan fingerprint density at radius 3 is 2.93 bits per heavy atom. The number of hydrogen-bond donors (Lipinski definition) is 1. The lowest BCUT2D eigenvalue weighted by Crippen LogP contribution is -2.45. The number of nitrogens with zero attached hydrogens (tertiary/aromatic N) is 2. The molecule has 0 aliphatic heterocycles. The fraction of sp³-hybridized carbons (Fsp3) is 0.667. The molecule has 5 nitrogen and oxygen atoms in total. The van der Waals surface area contributed by atoms with Crippen molar-refractivity contribution in [3.05, 3.63) is 27.1 Å². The molecule has 2 aromatic heterocycles. The van der Waals surface area contributed by atoms with Gasteiger partial charge in [0.25, 0.3) is 5.56 Å². The molecule has 146 valence electrons. The predicted molar refractivity (Wildman–Crippen MR) is 109 cm³/mol. The summed E-state index contributed by atoms with van der Waals surface area (Å²) >= 11 is 1.65. The van der Waals surface area contributed by atoms with Gasteiger partial charge in [-0.2, -0.15) is 0 Å². The number of rotatable bonds is 3. The molecule has 4 atom stereocenters. The van der Waals surface area contributed by atoms with Gasteiger partial charge in [0.05, 0.1) is 11.7 Å². The normalized spacial score (nSPS) is 28.1. The van der Waals surface area contributed by atoms with Crippen molar-refractivity contribution in [3.8, 4) is 0 Å². The van der Waals surface area contributed by atoms with E-state index in [1.807, 2.05) is 0 Å². The van der Waals surface area contributed by atoms with Crippen LogP contribution >= 0.6 is 11.3 Å². The van der Waals surface area contributed by atoms with Crippen molar-refractivity contribution >= 4 is 27.5 Å². The average molecular weight is 388 g/mol. The first-order valence-corrected chi connectivity index (χ1v) is 11.0. The zero-order valence-electron chi connectivity index (χ0n) is 16.5. The first kappa shape index (κ1) is 18.7. The molecule has 2 aromatic rings. The van der Waals surface area contributed by atoms with E-state index in [1.165, 1.54) is 21.4 Å². The van der Waals surface area contributed by atoms with Crippen LogP contribution in [0.25, 0.3) is 10.2 Å². The van der Waals surface area contributed by atoms with E-state index in [9.17, 15) is 9.59 Å². The van der Waals surface area contributed by atoms with Crippen molar-refractivity contribution in [2.24, 2.45) is 17.8 Å². The molecule has 4 rings (SSSR count). The standard InChI is InChI=1S/C21H29N3O2S/c1-12-7-8-15-17(9-12)27-20-19(15)21(26)24(11-22-20)10-18(25)23-16-6-4-5-13(2)14(16)3/h11-14,16H,4-10H2,1-3H3,(H,23,25)/t12-,13-,14-,16-/m0/s1. The number of carbonyl (C=O) groups excluding carboxylic acids is 1. The molecule has 1 fully saturated rings. The van der Waals surface area contributed by atoms with Crippen LogP contribution in [0.5, 0.6) is 0 Å². The molecule has 1 amide bonds. The van der Waals surface area contributed by atoms with Gasteiger partial charge in [0, 0.05) is 10.9 Å². The van der Waals surface area contributed by atoms with Crippen LogP contribution in [0.3, 0.4) is 0 Å². The highest BCUT2D eigenvalue weighted by molar-refractivity contribution is 7.18. The summed E-state index contributed by atoms with van der Waals surface area (Å²) in [6, 6.07) is 0.212. The Labute approximate surface area is 164 Å². The molecule has 6 heteroatoms. The highest BCUT2D eigenvalue weighted by Crippen LogP contribution is 2.35. The first-order valence-electron chi connectivity index (χ1n) is 10.2. The van der Waals surface area contributed by atoms with Gasteiger partial charge in [-0.3, -0.25) is 14.2 Å². The molecule has 2 aliphatic rings. The van der Waals surface area contributed by atoms with Crippen LogP contribution < -0.4 is 10.9 Å². The van der Waals surface area contributed by atoms with Gasteiger partial charge < -0.3 is 5.32 Å². The van der Waals surface area contributed by atoms with Gasteiger partial charge in [-0.25, -0.2) is 4.98 Å². The molecule has 27 heavy (non-hydrogen) atoms. The van der Waals surface area contributed by atoms with Crippen molar-refractivity contribution in [3.63, 3.8) is 0 Å². The fourth-order valence-corrected chi connectivity index (χ4v) is 6.01. The van der Waals surface area contributed by atoms with Crippen molar-refractivity contribution in [1.29, 1.82) is 0 Å². The summed E-state index contributed by atoms with van der Waals surface area (Å²) in [5.41, 5.74) is 1.11. The van der Waals surface area contributed by atoms with E-state index in [0.717, 1.165) is 42.3 Å². The summed E-state index contributed by atoms with van der Waals surface area (Å²) in [4.78, 5) is 32.3. The lowest BCUT2D eigenvalue weighted by molar-refractivity contribution is -0.123. The first-order chi connectivity index (χ1) is 12.9. The Hall–Kier alpha value is -1.69. The number of aromatic nitrogens is 2. The summed E-state index contributed by atoms with van der Waals surface area (Å²) in [6.45, 7) is 6.79. The maximum absolute atomic E-state index is 13.0. The third-order valence-corrected chi connectivity index (χ3v) is 7.81. The van der Waals surface area contributed by atoms with E-state index in [0.29, 0.717) is 17.8 Å². The highest BCUT2D eigenvalue weighted by Gasteiger charge is 2.28. The Morgan fingerprint density at radius 1 is 1.30 bits per heavy atom. The largest absolute Gasteiger partial charge is 0.352 e. The molecule has 0 bridgehead atoms.